The molecule has 0 bridgehead atoms. The van der Waals surface area contributed by atoms with Crippen molar-refractivity contribution >= 4 is 15.7 Å². The van der Waals surface area contributed by atoms with Gasteiger partial charge < -0.3 is 9.73 Å². The predicted octanol–water partition coefficient (Wildman–Crippen LogP) is 1.39. The normalized spacial score (nSPS) is 14.2. The van der Waals surface area contributed by atoms with Crippen molar-refractivity contribution in [1.82, 2.24) is 20.5 Å². The van der Waals surface area contributed by atoms with Gasteiger partial charge in [0, 0.05) is 12.5 Å². The summed E-state index contributed by atoms with van der Waals surface area (Å²) in [5.41, 5.74) is 0.253. The van der Waals surface area contributed by atoms with Crippen molar-refractivity contribution in [1.29, 1.82) is 0 Å². The lowest BCUT2D eigenvalue weighted by Gasteiger charge is -2.20. The molecule has 0 aliphatic carbocycles. The zero-order valence-electron chi connectivity index (χ0n) is 13.1. The number of amides is 1. The van der Waals surface area contributed by atoms with Crippen LogP contribution in [-0.2, 0) is 9.84 Å². The Labute approximate surface area is 134 Å². The minimum Gasteiger partial charge on any atom is -0.410 e. The summed E-state index contributed by atoms with van der Waals surface area (Å²) in [6, 6.07) is 4.39. The zero-order chi connectivity index (χ0) is 17.0. The van der Waals surface area contributed by atoms with E-state index in [1.807, 2.05) is 13.8 Å². The highest BCUT2D eigenvalue weighted by Gasteiger charge is 2.28. The highest BCUT2D eigenvalue weighted by Crippen LogP contribution is 2.24. The molecule has 124 valence electrons. The zero-order valence-corrected chi connectivity index (χ0v) is 13.9. The summed E-state index contributed by atoms with van der Waals surface area (Å²) < 4.78 is 28.1. The van der Waals surface area contributed by atoms with E-state index in [4.69, 9.17) is 4.42 Å². The van der Waals surface area contributed by atoms with E-state index >= 15 is 0 Å². The number of aromatic nitrogens is 3. The number of pyridine rings is 1. The van der Waals surface area contributed by atoms with Crippen LogP contribution >= 0.6 is 0 Å². The Morgan fingerprint density at radius 1 is 1.35 bits per heavy atom. The third kappa shape index (κ3) is 4.13. The fourth-order valence-electron chi connectivity index (χ4n) is 1.89. The Hall–Kier alpha value is -2.29. The number of sulfone groups is 1. The van der Waals surface area contributed by atoms with E-state index < -0.39 is 27.0 Å². The molecule has 0 unspecified atom stereocenters. The van der Waals surface area contributed by atoms with Crippen molar-refractivity contribution in [2.24, 2.45) is 5.92 Å². The molecule has 23 heavy (non-hydrogen) atoms. The molecule has 0 radical (unpaired) electrons. The summed E-state index contributed by atoms with van der Waals surface area (Å²) in [5, 5.41) is 9.61. The van der Waals surface area contributed by atoms with Gasteiger partial charge in [0.2, 0.25) is 15.7 Å². The van der Waals surface area contributed by atoms with Crippen LogP contribution in [0.2, 0.25) is 0 Å². The number of carbonyl (C=O) groups excluding carboxylic acids is 1. The average molecular weight is 338 g/mol. The van der Waals surface area contributed by atoms with Gasteiger partial charge >= 0.3 is 5.22 Å². The molecule has 0 aliphatic rings. The van der Waals surface area contributed by atoms with Crippen molar-refractivity contribution < 1.29 is 17.6 Å². The van der Waals surface area contributed by atoms with Crippen LogP contribution in [-0.4, -0.2) is 35.8 Å². The maximum atomic E-state index is 12.3. The van der Waals surface area contributed by atoms with Crippen molar-refractivity contribution in [3.63, 3.8) is 0 Å². The number of hydrogen-bond donors (Lipinski definition) is 1. The molecule has 0 aromatic carbocycles. The lowest BCUT2D eigenvalue weighted by atomic mass is 9.99. The molecule has 0 aliphatic heterocycles. The first kappa shape index (κ1) is 17.1. The Morgan fingerprint density at radius 2 is 2.09 bits per heavy atom. The lowest BCUT2D eigenvalue weighted by Crippen LogP contribution is -2.33. The molecule has 9 heteroatoms. The molecule has 2 atom stereocenters. The van der Waals surface area contributed by atoms with E-state index in [0.29, 0.717) is 0 Å². The van der Waals surface area contributed by atoms with Gasteiger partial charge in [0.05, 0.1) is 0 Å². The van der Waals surface area contributed by atoms with Crippen molar-refractivity contribution in [2.75, 3.05) is 6.26 Å². The smallest absolute Gasteiger partial charge is 0.335 e. The highest BCUT2D eigenvalue weighted by atomic mass is 32.2. The lowest BCUT2D eigenvalue weighted by molar-refractivity contribution is 0.0906. The van der Waals surface area contributed by atoms with Crippen LogP contribution in [0.25, 0.3) is 0 Å². The van der Waals surface area contributed by atoms with Gasteiger partial charge in [0.1, 0.15) is 11.7 Å². The topological polar surface area (TPSA) is 115 Å². The second-order valence-electron chi connectivity index (χ2n) is 5.23. The van der Waals surface area contributed by atoms with E-state index in [9.17, 15) is 13.2 Å². The average Bonchev–Trinajstić information content (AvgIpc) is 3.02. The van der Waals surface area contributed by atoms with Gasteiger partial charge in [0.15, 0.2) is 0 Å². The van der Waals surface area contributed by atoms with Gasteiger partial charge in [-0.15, -0.1) is 5.10 Å². The van der Waals surface area contributed by atoms with Gasteiger partial charge in [-0.3, -0.25) is 9.78 Å². The molecular weight excluding hydrogens is 320 g/mol. The van der Waals surface area contributed by atoms with Crippen molar-refractivity contribution in [3.8, 4) is 0 Å². The summed E-state index contributed by atoms with van der Waals surface area (Å²) in [5.74, 6) is -0.366. The Morgan fingerprint density at radius 3 is 2.61 bits per heavy atom. The van der Waals surface area contributed by atoms with Crippen LogP contribution in [0, 0.1) is 5.92 Å². The summed E-state index contributed by atoms with van der Waals surface area (Å²) in [7, 11) is -3.59. The fourth-order valence-corrected chi connectivity index (χ4v) is 2.32. The number of hydrogen-bond acceptors (Lipinski definition) is 7. The minimum absolute atomic E-state index is 0.0319. The van der Waals surface area contributed by atoms with Gasteiger partial charge in [-0.2, -0.15) is 0 Å². The van der Waals surface area contributed by atoms with Crippen molar-refractivity contribution in [3.05, 3.63) is 36.0 Å². The van der Waals surface area contributed by atoms with E-state index in [-0.39, 0.29) is 17.5 Å². The summed E-state index contributed by atoms with van der Waals surface area (Å²) in [6.07, 6.45) is 3.22. The van der Waals surface area contributed by atoms with E-state index in [0.717, 1.165) is 12.7 Å². The molecule has 2 rings (SSSR count). The molecule has 1 N–H and O–H groups in total. The number of nitrogens with zero attached hydrogens (tertiary/aromatic N) is 3. The quantitative estimate of drug-likeness (QED) is 0.846. The third-order valence-electron chi connectivity index (χ3n) is 3.40. The molecule has 2 aromatic rings. The third-order valence-corrected chi connectivity index (χ3v) is 4.20. The van der Waals surface area contributed by atoms with E-state index in [1.54, 1.807) is 18.2 Å². The number of nitrogens with one attached hydrogen (secondary N) is 1. The van der Waals surface area contributed by atoms with Crippen LogP contribution in [0.5, 0.6) is 0 Å². The van der Waals surface area contributed by atoms with Crippen LogP contribution in [0.4, 0.5) is 0 Å². The molecule has 8 nitrogen and oxygen atoms in total. The molecule has 2 heterocycles. The SMILES string of the molecule is CC[C@@H](C)[C@H](NC(=O)c1ccccn1)c1nnc(S(C)(=O)=O)o1. The first-order valence-electron chi connectivity index (χ1n) is 7.08. The standard InChI is InChI=1S/C14H18N4O4S/c1-4-9(2)11(13-17-18-14(22-13)23(3,20)21)16-12(19)10-7-5-6-8-15-10/h5-9,11H,4H2,1-3H3,(H,16,19)/t9-,11+/m1/s1. The maximum absolute atomic E-state index is 12.3. The highest BCUT2D eigenvalue weighted by molar-refractivity contribution is 7.90. The van der Waals surface area contributed by atoms with Gasteiger partial charge in [-0.25, -0.2) is 8.42 Å². The predicted molar refractivity (Wildman–Crippen MR) is 81.3 cm³/mol. The first-order valence-corrected chi connectivity index (χ1v) is 8.97. The Kier molecular flexibility index (Phi) is 5.09. The van der Waals surface area contributed by atoms with Crippen LogP contribution < -0.4 is 5.32 Å². The Bertz CT molecular complexity index is 773. The molecule has 0 spiro atoms. The van der Waals surface area contributed by atoms with Crippen LogP contribution in [0.3, 0.4) is 0 Å². The first-order chi connectivity index (χ1) is 10.8. The fraction of sp³-hybridized carbons (Fsp3) is 0.429. The summed E-state index contributed by atoms with van der Waals surface area (Å²) in [6.45, 7) is 3.84. The molecule has 0 fully saturated rings. The maximum Gasteiger partial charge on any atom is 0.335 e. The molecular formula is C14H18N4O4S. The Balaban J connectivity index is 2.28. The van der Waals surface area contributed by atoms with Crippen molar-refractivity contribution in [2.45, 2.75) is 31.5 Å². The molecule has 0 saturated carbocycles. The summed E-state index contributed by atoms with van der Waals surface area (Å²) in [4.78, 5) is 16.3. The molecule has 2 aromatic heterocycles. The van der Waals surface area contributed by atoms with Gasteiger partial charge in [0.25, 0.3) is 5.91 Å². The second kappa shape index (κ2) is 6.86. The monoisotopic (exact) mass is 338 g/mol. The molecule has 1 amide bonds. The number of rotatable bonds is 6. The second-order valence-corrected chi connectivity index (χ2v) is 7.12. The largest absolute Gasteiger partial charge is 0.410 e. The number of carbonyl (C=O) groups is 1. The van der Waals surface area contributed by atoms with Gasteiger partial charge in [-0.05, 0) is 18.1 Å². The minimum atomic E-state index is -3.59. The van der Waals surface area contributed by atoms with Crippen LogP contribution in [0.15, 0.2) is 34.0 Å². The van der Waals surface area contributed by atoms with Gasteiger partial charge in [-0.1, -0.05) is 31.4 Å². The summed E-state index contributed by atoms with van der Waals surface area (Å²) >= 11 is 0. The molecule has 0 saturated heterocycles. The van der Waals surface area contributed by atoms with E-state index in [2.05, 4.69) is 20.5 Å². The van der Waals surface area contributed by atoms with Crippen LogP contribution in [0.1, 0.15) is 42.7 Å². The van der Waals surface area contributed by atoms with E-state index in [1.165, 1.54) is 6.20 Å².